The molecule has 0 fully saturated rings. The topological polar surface area (TPSA) is 48.8 Å². The van der Waals surface area contributed by atoms with E-state index in [1.54, 1.807) is 17.8 Å². The van der Waals surface area contributed by atoms with Gasteiger partial charge in [-0.15, -0.1) is 11.8 Å². The van der Waals surface area contributed by atoms with Crippen molar-refractivity contribution in [2.45, 2.75) is 70.3 Å². The van der Waals surface area contributed by atoms with Gasteiger partial charge < -0.3 is 18.8 Å². The molecular weight excluding hydrogens is 667 g/mol. The average molecular weight is 706 g/mol. The van der Waals surface area contributed by atoms with Crippen LogP contribution in [0.4, 0.5) is 17.6 Å². The molecule has 0 atom stereocenters. The number of unbranched alkanes of at least 4 members (excludes halogenated alkanes) is 1. The van der Waals surface area contributed by atoms with Crippen LogP contribution in [0.15, 0.2) is 102 Å². The van der Waals surface area contributed by atoms with Crippen LogP contribution in [0, 0.1) is 0 Å². The molecule has 1 aliphatic rings. The van der Waals surface area contributed by atoms with E-state index in [0.29, 0.717) is 36.7 Å². The molecule has 11 heteroatoms. The molecular formula is C39H39F4N3O3S. The van der Waals surface area contributed by atoms with E-state index in [1.807, 2.05) is 36.4 Å². The van der Waals surface area contributed by atoms with Gasteiger partial charge in [0.2, 0.25) is 6.79 Å². The molecule has 0 saturated carbocycles. The third-order valence-electron chi connectivity index (χ3n) is 8.31. The van der Waals surface area contributed by atoms with Crippen molar-refractivity contribution in [3.8, 4) is 39.9 Å². The second kappa shape index (κ2) is 16.0. The van der Waals surface area contributed by atoms with Crippen molar-refractivity contribution in [1.29, 1.82) is 0 Å². The van der Waals surface area contributed by atoms with E-state index in [2.05, 4.69) is 64.4 Å². The van der Waals surface area contributed by atoms with Gasteiger partial charge in [-0.1, -0.05) is 80.9 Å². The van der Waals surface area contributed by atoms with Crippen molar-refractivity contribution < 1.29 is 31.8 Å². The number of ether oxygens (including phenoxy) is 3. The van der Waals surface area contributed by atoms with Gasteiger partial charge in [-0.2, -0.15) is 17.6 Å². The number of hydrogen-bond donors (Lipinski definition) is 0. The summed E-state index contributed by atoms with van der Waals surface area (Å²) in [6, 6.07) is 30.3. The molecule has 0 spiro atoms. The Hall–Kier alpha value is -4.48. The smallest absolute Gasteiger partial charge is 0.454 e. The van der Waals surface area contributed by atoms with Crippen molar-refractivity contribution >= 4 is 11.8 Å². The highest BCUT2D eigenvalue weighted by Gasteiger charge is 2.44. The molecule has 6 rings (SSSR count). The van der Waals surface area contributed by atoms with Crippen molar-refractivity contribution in [3.05, 3.63) is 114 Å². The normalized spacial score (nSPS) is 12.6. The zero-order valence-electron chi connectivity index (χ0n) is 28.0. The van der Waals surface area contributed by atoms with E-state index in [0.717, 1.165) is 59.0 Å². The van der Waals surface area contributed by atoms with Gasteiger partial charge in [0.05, 0.1) is 11.4 Å². The third kappa shape index (κ3) is 8.45. The maximum atomic E-state index is 13.9. The van der Waals surface area contributed by atoms with Gasteiger partial charge in [-0.3, -0.25) is 4.90 Å². The summed E-state index contributed by atoms with van der Waals surface area (Å²) in [5.41, 5.74) is 5.43. The number of rotatable bonds is 16. The van der Waals surface area contributed by atoms with Crippen molar-refractivity contribution in [2.75, 3.05) is 12.5 Å². The minimum atomic E-state index is -4.61. The van der Waals surface area contributed by atoms with E-state index >= 15 is 0 Å². The number of fused-ring (bicyclic) bond motifs is 1. The zero-order chi connectivity index (χ0) is 35.1. The van der Waals surface area contributed by atoms with Gasteiger partial charge in [-0.05, 0) is 59.7 Å². The van der Waals surface area contributed by atoms with Crippen molar-refractivity contribution in [3.63, 3.8) is 0 Å². The molecule has 5 aromatic rings. The number of alkyl halides is 4. The Morgan fingerprint density at radius 1 is 0.840 bits per heavy atom. The summed E-state index contributed by atoms with van der Waals surface area (Å²) >= 11 is 1.78. The number of nitrogens with zero attached hydrogens (tertiary/aromatic N) is 3. The lowest BCUT2D eigenvalue weighted by Crippen LogP contribution is -2.33. The summed E-state index contributed by atoms with van der Waals surface area (Å²) < 4.78 is 71.6. The van der Waals surface area contributed by atoms with Crippen molar-refractivity contribution in [1.82, 2.24) is 14.5 Å². The van der Waals surface area contributed by atoms with Crippen LogP contribution < -0.4 is 14.2 Å². The van der Waals surface area contributed by atoms with Crippen LogP contribution in [0.2, 0.25) is 0 Å². The van der Waals surface area contributed by atoms with E-state index < -0.39 is 12.5 Å². The Morgan fingerprint density at radius 2 is 1.58 bits per heavy atom. The Labute approximate surface area is 294 Å². The third-order valence-corrected chi connectivity index (χ3v) is 9.20. The molecule has 0 N–H and O–H groups in total. The van der Waals surface area contributed by atoms with Gasteiger partial charge in [0.15, 0.2) is 11.5 Å². The van der Waals surface area contributed by atoms with Crippen LogP contribution in [0.3, 0.4) is 0 Å². The first-order valence-corrected chi connectivity index (χ1v) is 17.7. The minimum absolute atomic E-state index is 0.149. The molecule has 4 aromatic carbocycles. The minimum Gasteiger partial charge on any atom is -0.454 e. The Balaban J connectivity index is 1.43. The van der Waals surface area contributed by atoms with Crippen molar-refractivity contribution in [2.24, 2.45) is 0 Å². The summed E-state index contributed by atoms with van der Waals surface area (Å²) in [6.45, 7) is 6.38. The van der Waals surface area contributed by atoms with E-state index in [1.165, 1.54) is 23.1 Å². The van der Waals surface area contributed by atoms with Crippen LogP contribution in [-0.4, -0.2) is 39.5 Å². The van der Waals surface area contributed by atoms with Gasteiger partial charge in [0, 0.05) is 42.2 Å². The fourth-order valence-electron chi connectivity index (χ4n) is 5.96. The number of hydrogen-bond acceptors (Lipinski definition) is 6. The molecule has 1 aliphatic heterocycles. The number of benzene rings is 4. The molecule has 2 heterocycles. The quantitative estimate of drug-likeness (QED) is 0.0753. The Bertz CT molecular complexity index is 1870. The van der Waals surface area contributed by atoms with Crippen LogP contribution in [-0.2, 0) is 26.2 Å². The molecule has 0 unspecified atom stereocenters. The fourth-order valence-corrected chi connectivity index (χ4v) is 6.62. The number of halogens is 4. The second-order valence-corrected chi connectivity index (χ2v) is 13.3. The standard InChI is InChI=1S/C39H39F4N3O3S/c1-3-5-20-46-33(36(29-15-17-32(18-16-29)50-4-2)44-37(46)30-11-7-6-8-12-30)25-45(24-28-14-19-34-35(22-28)48-26-47-34)23-27-10-9-13-31(21-27)49-39(42,43)38(40)41/h6-19,21-22,38H,3-5,20,23-26H2,1-2H3. The molecule has 0 amide bonds. The lowest BCUT2D eigenvalue weighted by atomic mass is 10.1. The van der Waals surface area contributed by atoms with Crippen LogP contribution in [0.1, 0.15) is 43.5 Å². The Kier molecular flexibility index (Phi) is 11.3. The highest BCUT2D eigenvalue weighted by Crippen LogP contribution is 2.36. The van der Waals surface area contributed by atoms with E-state index in [-0.39, 0.29) is 12.5 Å². The number of thioether (sulfide) groups is 1. The molecule has 6 nitrogen and oxygen atoms in total. The monoisotopic (exact) mass is 705 g/mol. The fraction of sp³-hybridized carbons (Fsp3) is 0.308. The second-order valence-electron chi connectivity index (χ2n) is 12.0. The average Bonchev–Trinajstić information content (AvgIpc) is 3.72. The van der Waals surface area contributed by atoms with Crippen LogP contribution in [0.5, 0.6) is 17.2 Å². The predicted molar refractivity (Wildman–Crippen MR) is 188 cm³/mol. The summed E-state index contributed by atoms with van der Waals surface area (Å²) in [7, 11) is 0. The highest BCUT2D eigenvalue weighted by molar-refractivity contribution is 7.99. The molecule has 50 heavy (non-hydrogen) atoms. The first-order chi connectivity index (χ1) is 24.2. The summed E-state index contributed by atoms with van der Waals surface area (Å²) in [4.78, 5) is 8.64. The molecule has 0 bridgehead atoms. The molecule has 0 aliphatic carbocycles. The summed E-state index contributed by atoms with van der Waals surface area (Å²) in [5, 5.41) is 0. The first-order valence-electron chi connectivity index (χ1n) is 16.7. The van der Waals surface area contributed by atoms with Crippen LogP contribution in [0.25, 0.3) is 22.6 Å². The first kappa shape index (κ1) is 35.3. The number of imidazole rings is 1. The van der Waals surface area contributed by atoms with E-state index in [4.69, 9.17) is 14.5 Å². The van der Waals surface area contributed by atoms with Gasteiger partial charge in [0.25, 0.3) is 0 Å². The lowest BCUT2D eigenvalue weighted by Gasteiger charge is -2.25. The van der Waals surface area contributed by atoms with Crippen LogP contribution >= 0.6 is 11.8 Å². The number of aromatic nitrogens is 2. The SMILES string of the molecule is CCCCn1c(-c2ccccc2)nc(-c2ccc(SCC)cc2)c1CN(Cc1cccc(OC(F)(F)C(F)F)c1)Cc1ccc2c(c1)OCO2. The maximum Gasteiger partial charge on any atom is 0.461 e. The molecule has 262 valence electrons. The van der Waals surface area contributed by atoms with E-state index in [9.17, 15) is 17.6 Å². The lowest BCUT2D eigenvalue weighted by molar-refractivity contribution is -0.253. The van der Waals surface area contributed by atoms with Gasteiger partial charge in [-0.25, -0.2) is 4.98 Å². The van der Waals surface area contributed by atoms with Gasteiger partial charge in [0.1, 0.15) is 11.6 Å². The largest absolute Gasteiger partial charge is 0.461 e. The Morgan fingerprint density at radius 3 is 2.30 bits per heavy atom. The predicted octanol–water partition coefficient (Wildman–Crippen LogP) is 10.3. The molecule has 1 aromatic heterocycles. The molecule has 0 radical (unpaired) electrons. The van der Waals surface area contributed by atoms with Gasteiger partial charge >= 0.3 is 12.5 Å². The summed E-state index contributed by atoms with van der Waals surface area (Å²) in [6.07, 6.45) is -6.64. The summed E-state index contributed by atoms with van der Waals surface area (Å²) in [5.74, 6) is 2.82. The highest BCUT2D eigenvalue weighted by atomic mass is 32.2. The maximum absolute atomic E-state index is 13.9. The molecule has 0 saturated heterocycles. The zero-order valence-corrected chi connectivity index (χ0v) is 28.8.